The summed E-state index contributed by atoms with van der Waals surface area (Å²) in [5.74, 6) is 0. The molecule has 2 saturated heterocycles. The van der Waals surface area contributed by atoms with Crippen molar-refractivity contribution in [3.63, 3.8) is 0 Å². The lowest BCUT2D eigenvalue weighted by Gasteiger charge is -2.13. The molecule has 0 amide bonds. The van der Waals surface area contributed by atoms with E-state index in [2.05, 4.69) is 12.0 Å². The number of fused-ring (bicyclic) bond motifs is 1. The van der Waals surface area contributed by atoms with Gasteiger partial charge in [-0.3, -0.25) is 4.84 Å². The van der Waals surface area contributed by atoms with Crippen molar-refractivity contribution in [2.24, 2.45) is 0 Å². The predicted molar refractivity (Wildman–Crippen MR) is 48.7 cm³/mol. The lowest BCUT2D eigenvalue weighted by molar-refractivity contribution is -0.149. The topological polar surface area (TPSA) is 12.5 Å². The Hall–Kier alpha value is -0.0800. The first kappa shape index (κ1) is 8.52. The van der Waals surface area contributed by atoms with E-state index in [4.69, 9.17) is 4.84 Å². The van der Waals surface area contributed by atoms with Gasteiger partial charge in [0, 0.05) is 12.6 Å². The Morgan fingerprint density at radius 1 is 1.50 bits per heavy atom. The van der Waals surface area contributed by atoms with Crippen LogP contribution in [0.1, 0.15) is 45.4 Å². The van der Waals surface area contributed by atoms with Gasteiger partial charge in [0.05, 0.1) is 6.10 Å². The molecular formula is C10H19NO. The van der Waals surface area contributed by atoms with Crippen LogP contribution in [0.25, 0.3) is 0 Å². The van der Waals surface area contributed by atoms with Crippen molar-refractivity contribution < 1.29 is 4.84 Å². The standard InChI is InChI=1S/C10H19NO/c1-2-3-6-10-8-9-5-4-7-11(9)12-10/h9-10H,2-8H2,1H3/t9-,10-/m0/s1. The van der Waals surface area contributed by atoms with Crippen molar-refractivity contribution in [1.29, 1.82) is 0 Å². The Balaban J connectivity index is 1.75. The van der Waals surface area contributed by atoms with Crippen molar-refractivity contribution in [2.75, 3.05) is 6.54 Å². The molecule has 0 unspecified atom stereocenters. The molecule has 0 aromatic heterocycles. The van der Waals surface area contributed by atoms with Crippen LogP contribution in [0.4, 0.5) is 0 Å². The maximum Gasteiger partial charge on any atom is 0.0809 e. The molecule has 12 heavy (non-hydrogen) atoms. The summed E-state index contributed by atoms with van der Waals surface area (Å²) >= 11 is 0. The molecule has 0 aliphatic carbocycles. The molecule has 2 atom stereocenters. The van der Waals surface area contributed by atoms with Crippen LogP contribution in [-0.2, 0) is 4.84 Å². The summed E-state index contributed by atoms with van der Waals surface area (Å²) in [6, 6.07) is 0.770. The first-order valence-electron chi connectivity index (χ1n) is 5.33. The molecule has 0 bridgehead atoms. The molecule has 2 fully saturated rings. The van der Waals surface area contributed by atoms with Gasteiger partial charge >= 0.3 is 0 Å². The van der Waals surface area contributed by atoms with Crippen LogP contribution in [0.2, 0.25) is 0 Å². The minimum absolute atomic E-state index is 0.551. The van der Waals surface area contributed by atoms with E-state index in [0.29, 0.717) is 6.10 Å². The normalized spacial score (nSPS) is 35.8. The number of hydrogen-bond donors (Lipinski definition) is 0. The van der Waals surface area contributed by atoms with E-state index in [1.54, 1.807) is 0 Å². The maximum absolute atomic E-state index is 5.82. The quantitative estimate of drug-likeness (QED) is 0.643. The first-order chi connectivity index (χ1) is 5.90. The molecule has 0 spiro atoms. The lowest BCUT2D eigenvalue weighted by atomic mass is 10.0. The average Bonchev–Trinajstić information content (AvgIpc) is 2.58. The minimum Gasteiger partial charge on any atom is -0.295 e. The fraction of sp³-hybridized carbons (Fsp3) is 1.00. The zero-order valence-corrected chi connectivity index (χ0v) is 7.96. The van der Waals surface area contributed by atoms with Gasteiger partial charge in [-0.15, -0.1) is 0 Å². The third kappa shape index (κ3) is 1.64. The van der Waals surface area contributed by atoms with Gasteiger partial charge in [-0.25, -0.2) is 0 Å². The average molecular weight is 169 g/mol. The Bertz CT molecular complexity index is 137. The minimum atomic E-state index is 0.551. The van der Waals surface area contributed by atoms with Gasteiger partial charge in [0.1, 0.15) is 0 Å². The summed E-state index contributed by atoms with van der Waals surface area (Å²) < 4.78 is 0. The fourth-order valence-corrected chi connectivity index (χ4v) is 2.32. The lowest BCUT2D eigenvalue weighted by Crippen LogP contribution is -2.20. The van der Waals surface area contributed by atoms with E-state index in [1.165, 1.54) is 45.1 Å². The van der Waals surface area contributed by atoms with Gasteiger partial charge in [-0.1, -0.05) is 19.8 Å². The number of unbranched alkanes of at least 4 members (excludes halogenated alkanes) is 1. The fourth-order valence-electron chi connectivity index (χ4n) is 2.32. The van der Waals surface area contributed by atoms with Gasteiger partial charge in [-0.05, 0) is 25.7 Å². The van der Waals surface area contributed by atoms with E-state index in [-0.39, 0.29) is 0 Å². The summed E-state index contributed by atoms with van der Waals surface area (Å²) in [6.45, 7) is 3.42. The Labute approximate surface area is 74.8 Å². The van der Waals surface area contributed by atoms with Gasteiger partial charge in [0.25, 0.3) is 0 Å². The van der Waals surface area contributed by atoms with Crippen LogP contribution in [-0.4, -0.2) is 23.8 Å². The summed E-state index contributed by atoms with van der Waals surface area (Å²) in [7, 11) is 0. The number of nitrogens with zero attached hydrogens (tertiary/aromatic N) is 1. The van der Waals surface area contributed by atoms with Crippen LogP contribution in [0.5, 0.6) is 0 Å². The number of hydrogen-bond acceptors (Lipinski definition) is 2. The molecular weight excluding hydrogens is 150 g/mol. The van der Waals surface area contributed by atoms with Gasteiger partial charge < -0.3 is 0 Å². The Morgan fingerprint density at radius 2 is 2.42 bits per heavy atom. The van der Waals surface area contributed by atoms with Gasteiger partial charge in [0.15, 0.2) is 0 Å². The summed E-state index contributed by atoms with van der Waals surface area (Å²) in [5, 5.41) is 2.22. The molecule has 2 aliphatic heterocycles. The molecule has 2 nitrogen and oxygen atoms in total. The summed E-state index contributed by atoms with van der Waals surface area (Å²) in [5.41, 5.74) is 0. The van der Waals surface area contributed by atoms with E-state index >= 15 is 0 Å². The first-order valence-corrected chi connectivity index (χ1v) is 5.33. The van der Waals surface area contributed by atoms with Crippen molar-refractivity contribution in [3.8, 4) is 0 Å². The van der Waals surface area contributed by atoms with Crippen LogP contribution < -0.4 is 0 Å². The predicted octanol–water partition coefficient (Wildman–Crippen LogP) is 2.34. The highest BCUT2D eigenvalue weighted by atomic mass is 16.7. The SMILES string of the molecule is CCCC[C@H]1C[C@@H]2CCCN2O1. The second-order valence-electron chi connectivity index (χ2n) is 4.04. The van der Waals surface area contributed by atoms with Crippen molar-refractivity contribution in [1.82, 2.24) is 5.06 Å². The van der Waals surface area contributed by atoms with Crippen LogP contribution in [0.15, 0.2) is 0 Å². The molecule has 0 N–H and O–H groups in total. The van der Waals surface area contributed by atoms with Crippen molar-refractivity contribution >= 4 is 0 Å². The molecule has 0 radical (unpaired) electrons. The zero-order valence-electron chi connectivity index (χ0n) is 7.96. The van der Waals surface area contributed by atoms with Crippen molar-refractivity contribution in [2.45, 2.75) is 57.6 Å². The third-order valence-electron chi connectivity index (χ3n) is 3.02. The van der Waals surface area contributed by atoms with E-state index in [1.807, 2.05) is 0 Å². The second-order valence-corrected chi connectivity index (χ2v) is 4.04. The molecule has 0 saturated carbocycles. The highest BCUT2D eigenvalue weighted by molar-refractivity contribution is 4.82. The van der Waals surface area contributed by atoms with E-state index in [9.17, 15) is 0 Å². The highest BCUT2D eigenvalue weighted by Crippen LogP contribution is 2.31. The van der Waals surface area contributed by atoms with E-state index < -0.39 is 0 Å². The molecule has 70 valence electrons. The monoisotopic (exact) mass is 169 g/mol. The molecule has 2 aliphatic rings. The molecule has 2 heterocycles. The summed E-state index contributed by atoms with van der Waals surface area (Å²) in [4.78, 5) is 5.82. The number of hydroxylamine groups is 2. The molecule has 2 rings (SSSR count). The van der Waals surface area contributed by atoms with E-state index in [0.717, 1.165) is 6.04 Å². The summed E-state index contributed by atoms with van der Waals surface area (Å²) in [6.07, 6.45) is 8.43. The van der Waals surface area contributed by atoms with Crippen LogP contribution in [0.3, 0.4) is 0 Å². The largest absolute Gasteiger partial charge is 0.295 e. The highest BCUT2D eigenvalue weighted by Gasteiger charge is 2.35. The number of rotatable bonds is 3. The van der Waals surface area contributed by atoms with Gasteiger partial charge in [-0.2, -0.15) is 5.06 Å². The Kier molecular flexibility index (Phi) is 2.66. The molecule has 2 heteroatoms. The van der Waals surface area contributed by atoms with Crippen LogP contribution >= 0.6 is 0 Å². The molecule has 0 aromatic carbocycles. The smallest absolute Gasteiger partial charge is 0.0809 e. The molecule has 0 aromatic rings. The second kappa shape index (κ2) is 3.75. The van der Waals surface area contributed by atoms with Gasteiger partial charge in [0.2, 0.25) is 0 Å². The van der Waals surface area contributed by atoms with Crippen LogP contribution in [0, 0.1) is 0 Å². The van der Waals surface area contributed by atoms with Crippen molar-refractivity contribution in [3.05, 3.63) is 0 Å². The third-order valence-corrected chi connectivity index (χ3v) is 3.02. The zero-order chi connectivity index (χ0) is 8.39. The Morgan fingerprint density at radius 3 is 3.17 bits per heavy atom. The maximum atomic E-state index is 5.82.